The monoisotopic (exact) mass is 254 g/mol. The average Bonchev–Trinajstić information content (AvgIpc) is 2.30. The molecule has 0 aromatic heterocycles. The molecule has 0 spiro atoms. The second-order valence-corrected chi connectivity index (χ2v) is 5.70. The van der Waals surface area contributed by atoms with Crippen LogP contribution in [0.1, 0.15) is 31.2 Å². The van der Waals surface area contributed by atoms with Gasteiger partial charge >= 0.3 is 0 Å². The summed E-state index contributed by atoms with van der Waals surface area (Å²) in [5.74, 6) is 1.26. The Labute approximate surface area is 106 Å². The van der Waals surface area contributed by atoms with Gasteiger partial charge in [0.1, 0.15) is 5.78 Å². The van der Waals surface area contributed by atoms with Gasteiger partial charge in [-0.05, 0) is 24.5 Å². The van der Waals surface area contributed by atoms with Crippen molar-refractivity contribution >= 4 is 29.1 Å². The van der Waals surface area contributed by atoms with Gasteiger partial charge in [-0.2, -0.15) is 0 Å². The largest absolute Gasteiger partial charge is 0.298 e. The lowest BCUT2D eigenvalue weighted by Gasteiger charge is -2.19. The summed E-state index contributed by atoms with van der Waals surface area (Å²) in [6, 6.07) is 7.86. The van der Waals surface area contributed by atoms with Crippen LogP contribution in [0.15, 0.2) is 24.3 Å². The van der Waals surface area contributed by atoms with E-state index in [1.54, 1.807) is 11.8 Å². The first-order valence-electron chi connectivity index (χ1n) is 5.65. The fourth-order valence-corrected chi connectivity index (χ4v) is 3.48. The van der Waals surface area contributed by atoms with Crippen LogP contribution >= 0.6 is 23.4 Å². The molecule has 1 atom stereocenters. The number of thioether (sulfide) groups is 1. The van der Waals surface area contributed by atoms with Gasteiger partial charge in [0.2, 0.25) is 0 Å². The zero-order chi connectivity index (χ0) is 11.4. The van der Waals surface area contributed by atoms with Gasteiger partial charge in [0.05, 0.1) is 5.25 Å². The summed E-state index contributed by atoms with van der Waals surface area (Å²) in [5.41, 5.74) is 1.13. The van der Waals surface area contributed by atoms with Crippen LogP contribution in [0, 0.1) is 0 Å². The van der Waals surface area contributed by atoms with Crippen molar-refractivity contribution in [2.75, 3.05) is 0 Å². The zero-order valence-corrected chi connectivity index (χ0v) is 10.7. The highest BCUT2D eigenvalue weighted by atomic mass is 35.5. The molecule has 0 aliphatic heterocycles. The third-order valence-corrected chi connectivity index (χ3v) is 4.64. The highest BCUT2D eigenvalue weighted by molar-refractivity contribution is 7.99. The van der Waals surface area contributed by atoms with E-state index in [-0.39, 0.29) is 5.25 Å². The quantitative estimate of drug-likeness (QED) is 0.808. The second kappa shape index (κ2) is 5.74. The maximum absolute atomic E-state index is 11.6. The van der Waals surface area contributed by atoms with E-state index in [9.17, 15) is 4.79 Å². The summed E-state index contributed by atoms with van der Waals surface area (Å²) in [6.07, 6.45) is 4.06. The molecule has 86 valence electrons. The predicted molar refractivity (Wildman–Crippen MR) is 70.0 cm³/mol. The molecular formula is C13H15ClOS. The fourth-order valence-electron chi connectivity index (χ4n) is 1.93. The number of hydrogen-bond donors (Lipinski definition) is 0. The summed E-state index contributed by atoms with van der Waals surface area (Å²) in [7, 11) is 0. The number of ketones is 1. The lowest BCUT2D eigenvalue weighted by molar-refractivity contribution is -0.119. The molecule has 2 rings (SSSR count). The van der Waals surface area contributed by atoms with Crippen molar-refractivity contribution in [2.24, 2.45) is 0 Å². The van der Waals surface area contributed by atoms with Gasteiger partial charge in [0, 0.05) is 17.2 Å². The number of carbonyl (C=O) groups excluding carboxylic acids is 1. The topological polar surface area (TPSA) is 17.1 Å². The summed E-state index contributed by atoms with van der Waals surface area (Å²) in [5, 5.41) is 1.00. The minimum absolute atomic E-state index is 0.199. The molecule has 0 saturated heterocycles. The molecule has 1 aromatic carbocycles. The van der Waals surface area contributed by atoms with Gasteiger partial charge < -0.3 is 0 Å². The summed E-state index contributed by atoms with van der Waals surface area (Å²) in [6.45, 7) is 0. The first kappa shape index (κ1) is 12.0. The third-order valence-electron chi connectivity index (χ3n) is 2.90. The molecule has 0 bridgehead atoms. The van der Waals surface area contributed by atoms with Crippen molar-refractivity contribution in [3.05, 3.63) is 34.9 Å². The molecule has 0 N–H and O–H groups in total. The van der Waals surface area contributed by atoms with E-state index in [1.165, 1.54) is 6.42 Å². The van der Waals surface area contributed by atoms with E-state index < -0.39 is 0 Å². The van der Waals surface area contributed by atoms with Crippen molar-refractivity contribution in [2.45, 2.75) is 36.7 Å². The molecule has 1 fully saturated rings. The molecule has 1 aliphatic carbocycles. The molecule has 1 unspecified atom stereocenters. The Morgan fingerprint density at radius 2 is 2.12 bits per heavy atom. The first-order valence-corrected chi connectivity index (χ1v) is 7.08. The fraction of sp³-hybridized carbons (Fsp3) is 0.462. The van der Waals surface area contributed by atoms with Gasteiger partial charge in [-0.25, -0.2) is 0 Å². The standard InChI is InChI=1S/C13H15ClOS/c14-11-6-2-1-5-10(11)9-16-13-8-4-3-7-12(13)15/h1-2,5-6,13H,3-4,7-9H2. The number of Topliss-reactive ketones (excluding diaryl/α,β-unsaturated/α-hetero) is 1. The van der Waals surface area contributed by atoms with E-state index in [4.69, 9.17) is 11.6 Å². The number of carbonyl (C=O) groups is 1. The average molecular weight is 255 g/mol. The molecule has 1 nitrogen and oxygen atoms in total. The molecule has 0 radical (unpaired) electrons. The van der Waals surface area contributed by atoms with Crippen LogP contribution in [-0.2, 0) is 10.5 Å². The van der Waals surface area contributed by atoms with E-state index in [1.807, 2.05) is 24.3 Å². The Balaban J connectivity index is 1.92. The Bertz CT molecular complexity index is 378. The molecule has 1 aromatic rings. The second-order valence-electron chi connectivity index (χ2n) is 4.10. The van der Waals surface area contributed by atoms with Crippen LogP contribution in [0.4, 0.5) is 0 Å². The summed E-state index contributed by atoms with van der Waals surface area (Å²) < 4.78 is 0. The van der Waals surface area contributed by atoms with Gasteiger partial charge in [0.15, 0.2) is 0 Å². The maximum Gasteiger partial charge on any atom is 0.145 e. The van der Waals surface area contributed by atoms with Crippen molar-refractivity contribution in [3.8, 4) is 0 Å². The van der Waals surface area contributed by atoms with Gasteiger partial charge in [-0.1, -0.05) is 36.2 Å². The number of halogens is 1. The first-order chi connectivity index (χ1) is 7.77. The van der Waals surface area contributed by atoms with E-state index in [0.29, 0.717) is 5.78 Å². The van der Waals surface area contributed by atoms with Crippen molar-refractivity contribution in [3.63, 3.8) is 0 Å². The van der Waals surface area contributed by atoms with E-state index >= 15 is 0 Å². The van der Waals surface area contributed by atoms with Crippen molar-refractivity contribution < 1.29 is 4.79 Å². The molecule has 1 saturated carbocycles. The highest BCUT2D eigenvalue weighted by Crippen LogP contribution is 2.30. The van der Waals surface area contributed by atoms with Crippen LogP contribution in [0.2, 0.25) is 5.02 Å². The van der Waals surface area contributed by atoms with Crippen LogP contribution < -0.4 is 0 Å². The van der Waals surface area contributed by atoms with Crippen LogP contribution in [0.3, 0.4) is 0 Å². The zero-order valence-electron chi connectivity index (χ0n) is 9.12. The molecule has 0 amide bonds. The van der Waals surface area contributed by atoms with Crippen LogP contribution in [-0.4, -0.2) is 11.0 Å². The number of rotatable bonds is 3. The normalized spacial score (nSPS) is 21.1. The summed E-state index contributed by atoms with van der Waals surface area (Å²) >= 11 is 7.82. The Morgan fingerprint density at radius 3 is 2.88 bits per heavy atom. The highest BCUT2D eigenvalue weighted by Gasteiger charge is 2.22. The maximum atomic E-state index is 11.6. The smallest absolute Gasteiger partial charge is 0.145 e. The number of hydrogen-bond acceptors (Lipinski definition) is 2. The van der Waals surface area contributed by atoms with Crippen molar-refractivity contribution in [1.29, 1.82) is 0 Å². The predicted octanol–water partition coefficient (Wildman–Crippen LogP) is 4.08. The molecule has 1 aliphatic rings. The minimum Gasteiger partial charge on any atom is -0.298 e. The van der Waals surface area contributed by atoms with Gasteiger partial charge in [0.25, 0.3) is 0 Å². The minimum atomic E-state index is 0.199. The third kappa shape index (κ3) is 3.02. The van der Waals surface area contributed by atoms with Gasteiger partial charge in [-0.15, -0.1) is 11.8 Å². The van der Waals surface area contributed by atoms with Crippen LogP contribution in [0.25, 0.3) is 0 Å². The molecule has 0 heterocycles. The number of benzene rings is 1. The van der Waals surface area contributed by atoms with Crippen molar-refractivity contribution in [1.82, 2.24) is 0 Å². The van der Waals surface area contributed by atoms with Gasteiger partial charge in [-0.3, -0.25) is 4.79 Å². The lowest BCUT2D eigenvalue weighted by atomic mass is 9.99. The lowest BCUT2D eigenvalue weighted by Crippen LogP contribution is -2.21. The molecule has 3 heteroatoms. The molecular weight excluding hydrogens is 240 g/mol. The Morgan fingerprint density at radius 1 is 1.31 bits per heavy atom. The van der Waals surface area contributed by atoms with E-state index in [0.717, 1.165) is 35.6 Å². The van der Waals surface area contributed by atoms with Crippen LogP contribution in [0.5, 0.6) is 0 Å². The summed E-state index contributed by atoms with van der Waals surface area (Å²) in [4.78, 5) is 11.6. The SMILES string of the molecule is O=C1CCCCC1SCc1ccccc1Cl. The Hall–Kier alpha value is -0.470. The Kier molecular flexibility index (Phi) is 4.30. The van der Waals surface area contributed by atoms with E-state index in [2.05, 4.69) is 0 Å². The molecule has 16 heavy (non-hydrogen) atoms.